The molecule has 0 atom stereocenters. The first-order valence-corrected chi connectivity index (χ1v) is 9.38. The molecule has 3 heterocycles. The highest BCUT2D eigenvalue weighted by atomic mass is 32.2. The van der Waals surface area contributed by atoms with Gasteiger partial charge in [0.25, 0.3) is 11.8 Å². The number of carbonyl (C=O) groups excluding carboxylic acids is 2. The van der Waals surface area contributed by atoms with Gasteiger partial charge in [-0.25, -0.2) is 4.98 Å². The van der Waals surface area contributed by atoms with Crippen molar-refractivity contribution < 1.29 is 9.59 Å². The van der Waals surface area contributed by atoms with Gasteiger partial charge in [-0.2, -0.15) is 0 Å². The van der Waals surface area contributed by atoms with E-state index in [4.69, 9.17) is 0 Å². The van der Waals surface area contributed by atoms with E-state index < -0.39 is 0 Å². The molecule has 2 aromatic rings. The lowest BCUT2D eigenvalue weighted by atomic mass is 10.1. The van der Waals surface area contributed by atoms with Gasteiger partial charge in [-0.1, -0.05) is 11.8 Å². The molecule has 2 aliphatic rings. The molecule has 0 bridgehead atoms. The number of hydrogen-bond donors (Lipinski definition) is 0. The molecule has 0 aliphatic carbocycles. The number of likely N-dealkylation sites (tertiary alicyclic amines) is 1. The van der Waals surface area contributed by atoms with Crippen LogP contribution in [0.15, 0.2) is 46.5 Å². The van der Waals surface area contributed by atoms with E-state index in [0.717, 1.165) is 36.5 Å². The summed E-state index contributed by atoms with van der Waals surface area (Å²) in [5.74, 6) is 0.0243. The van der Waals surface area contributed by atoms with Crippen LogP contribution in [0.2, 0.25) is 0 Å². The van der Waals surface area contributed by atoms with Crippen LogP contribution in [-0.4, -0.2) is 41.3 Å². The Kier molecular flexibility index (Phi) is 4.21. The van der Waals surface area contributed by atoms with Gasteiger partial charge < -0.3 is 9.80 Å². The maximum Gasteiger partial charge on any atom is 0.261 e. The molecule has 1 aromatic carbocycles. The quantitative estimate of drug-likeness (QED) is 0.830. The van der Waals surface area contributed by atoms with Crippen LogP contribution in [0, 0.1) is 0 Å². The Morgan fingerprint density at radius 3 is 2.80 bits per heavy atom. The summed E-state index contributed by atoms with van der Waals surface area (Å²) >= 11 is 1.46. The Balaban J connectivity index is 1.78. The van der Waals surface area contributed by atoms with Gasteiger partial charge in [-0.15, -0.1) is 0 Å². The molecule has 4 rings (SSSR count). The zero-order chi connectivity index (χ0) is 17.4. The van der Waals surface area contributed by atoms with Crippen molar-refractivity contribution in [1.29, 1.82) is 0 Å². The van der Waals surface area contributed by atoms with Crippen LogP contribution in [-0.2, 0) is 0 Å². The molecule has 0 saturated carbocycles. The zero-order valence-corrected chi connectivity index (χ0v) is 14.9. The number of fused-ring (bicyclic) bond motifs is 2. The van der Waals surface area contributed by atoms with E-state index in [9.17, 15) is 9.59 Å². The molecule has 0 N–H and O–H groups in total. The highest BCUT2D eigenvalue weighted by molar-refractivity contribution is 7.99. The third kappa shape index (κ3) is 2.80. The molecular weight excluding hydrogens is 334 g/mol. The number of benzene rings is 1. The van der Waals surface area contributed by atoms with E-state index in [1.165, 1.54) is 11.8 Å². The van der Waals surface area contributed by atoms with Gasteiger partial charge in [0.05, 0.1) is 11.3 Å². The summed E-state index contributed by atoms with van der Waals surface area (Å²) in [7, 11) is 0. The van der Waals surface area contributed by atoms with Crippen molar-refractivity contribution in [2.24, 2.45) is 0 Å². The largest absolute Gasteiger partial charge is 0.339 e. The Bertz CT molecular complexity index is 846. The summed E-state index contributed by atoms with van der Waals surface area (Å²) in [6, 6.07) is 9.21. The first-order chi connectivity index (χ1) is 12.2. The Labute approximate surface area is 151 Å². The van der Waals surface area contributed by atoms with E-state index in [-0.39, 0.29) is 11.8 Å². The normalized spacial score (nSPS) is 16.4. The summed E-state index contributed by atoms with van der Waals surface area (Å²) in [6.07, 6.45) is 3.83. The molecule has 0 unspecified atom stereocenters. The van der Waals surface area contributed by atoms with Gasteiger partial charge >= 0.3 is 0 Å². The van der Waals surface area contributed by atoms with Gasteiger partial charge in [0.2, 0.25) is 0 Å². The van der Waals surface area contributed by atoms with Crippen molar-refractivity contribution in [1.82, 2.24) is 9.88 Å². The second kappa shape index (κ2) is 6.52. The molecule has 1 saturated heterocycles. The predicted octanol–water partition coefficient (Wildman–Crippen LogP) is 3.45. The maximum absolute atomic E-state index is 12.9. The van der Waals surface area contributed by atoms with Gasteiger partial charge in [0, 0.05) is 36.3 Å². The lowest BCUT2D eigenvalue weighted by molar-refractivity contribution is 0.0792. The topological polar surface area (TPSA) is 53.5 Å². The molecule has 2 amide bonds. The molecule has 6 heteroatoms. The number of anilines is 1. The standard InChI is InChI=1S/C19H19N3O2S/c1-2-22-15-8-7-13(18(23)21-10-3-4-11-21)12-16(15)25-17-14(19(22)24)6-5-9-20-17/h5-9,12H,2-4,10-11H2,1H3. The number of carbonyl (C=O) groups is 2. The van der Waals surface area contributed by atoms with Crippen LogP contribution < -0.4 is 4.90 Å². The molecule has 1 fully saturated rings. The summed E-state index contributed by atoms with van der Waals surface area (Å²) in [5, 5.41) is 0.690. The van der Waals surface area contributed by atoms with Crippen LogP contribution in [0.5, 0.6) is 0 Å². The zero-order valence-electron chi connectivity index (χ0n) is 14.1. The number of amides is 2. The summed E-state index contributed by atoms with van der Waals surface area (Å²) in [5.41, 5.74) is 2.13. The highest BCUT2D eigenvalue weighted by Gasteiger charge is 2.28. The minimum absolute atomic E-state index is 0.0459. The van der Waals surface area contributed by atoms with Crippen LogP contribution in [0.3, 0.4) is 0 Å². The minimum atomic E-state index is -0.0459. The summed E-state index contributed by atoms with van der Waals surface area (Å²) in [4.78, 5) is 34.5. The van der Waals surface area contributed by atoms with Gasteiger partial charge in [0.15, 0.2) is 0 Å². The first-order valence-electron chi connectivity index (χ1n) is 8.57. The average Bonchev–Trinajstić information content (AvgIpc) is 3.14. The molecule has 2 aliphatic heterocycles. The highest BCUT2D eigenvalue weighted by Crippen LogP contribution is 2.40. The fourth-order valence-electron chi connectivity index (χ4n) is 3.36. The third-order valence-corrected chi connectivity index (χ3v) is 5.73. The van der Waals surface area contributed by atoms with Gasteiger partial charge in [-0.3, -0.25) is 9.59 Å². The second-order valence-corrected chi connectivity index (χ2v) is 7.22. The Morgan fingerprint density at radius 1 is 1.24 bits per heavy atom. The van der Waals surface area contributed by atoms with Crippen molar-refractivity contribution in [3.63, 3.8) is 0 Å². The molecule has 128 valence electrons. The van der Waals surface area contributed by atoms with Crippen LogP contribution >= 0.6 is 11.8 Å². The Hall–Kier alpha value is -2.34. The number of pyridine rings is 1. The lowest BCUT2D eigenvalue weighted by Gasteiger charge is -2.22. The monoisotopic (exact) mass is 353 g/mol. The number of hydrogen-bond acceptors (Lipinski definition) is 4. The molecule has 0 radical (unpaired) electrons. The molecular formula is C19H19N3O2S. The van der Waals surface area contributed by atoms with Crippen molar-refractivity contribution in [3.8, 4) is 0 Å². The molecule has 5 nitrogen and oxygen atoms in total. The Morgan fingerprint density at radius 2 is 2.04 bits per heavy atom. The SMILES string of the molecule is CCN1C(=O)c2cccnc2Sc2cc(C(=O)N3CCCC3)ccc21. The molecule has 1 aromatic heterocycles. The van der Waals surface area contributed by atoms with Crippen molar-refractivity contribution in [2.45, 2.75) is 29.7 Å². The van der Waals surface area contributed by atoms with Crippen LogP contribution in [0.1, 0.15) is 40.5 Å². The summed E-state index contributed by atoms with van der Waals surface area (Å²) in [6.45, 7) is 4.18. The fraction of sp³-hybridized carbons (Fsp3) is 0.316. The van der Waals surface area contributed by atoms with E-state index in [1.54, 1.807) is 17.2 Å². The van der Waals surface area contributed by atoms with E-state index in [0.29, 0.717) is 22.7 Å². The second-order valence-electron chi connectivity index (χ2n) is 6.19. The van der Waals surface area contributed by atoms with E-state index in [1.807, 2.05) is 36.1 Å². The average molecular weight is 353 g/mol. The van der Waals surface area contributed by atoms with Gasteiger partial charge in [0.1, 0.15) is 5.03 Å². The number of rotatable bonds is 2. The fourth-order valence-corrected chi connectivity index (χ4v) is 4.42. The molecule has 0 spiro atoms. The van der Waals surface area contributed by atoms with Gasteiger partial charge in [-0.05, 0) is 50.1 Å². The smallest absolute Gasteiger partial charge is 0.261 e. The first kappa shape index (κ1) is 16.1. The van der Waals surface area contributed by atoms with Crippen molar-refractivity contribution >= 4 is 29.3 Å². The van der Waals surface area contributed by atoms with Crippen LogP contribution in [0.4, 0.5) is 5.69 Å². The minimum Gasteiger partial charge on any atom is -0.339 e. The van der Waals surface area contributed by atoms with Crippen LogP contribution in [0.25, 0.3) is 0 Å². The predicted molar refractivity (Wildman–Crippen MR) is 97.3 cm³/mol. The maximum atomic E-state index is 12.9. The number of nitrogens with zero attached hydrogens (tertiary/aromatic N) is 3. The summed E-state index contributed by atoms with van der Waals surface area (Å²) < 4.78 is 0. The third-order valence-electron chi connectivity index (χ3n) is 4.66. The van der Waals surface area contributed by atoms with E-state index >= 15 is 0 Å². The number of aromatic nitrogens is 1. The molecule has 25 heavy (non-hydrogen) atoms. The van der Waals surface area contributed by atoms with Crippen molar-refractivity contribution in [3.05, 3.63) is 47.7 Å². The van der Waals surface area contributed by atoms with E-state index in [2.05, 4.69) is 4.98 Å². The van der Waals surface area contributed by atoms with Crippen molar-refractivity contribution in [2.75, 3.05) is 24.5 Å². The lowest BCUT2D eigenvalue weighted by Crippen LogP contribution is -2.31.